The number of thioether (sulfide) groups is 1. The molecule has 1 amide bonds. The van der Waals surface area contributed by atoms with E-state index in [0.717, 1.165) is 6.54 Å². The Hall–Kier alpha value is -0.220. The van der Waals surface area contributed by atoms with Crippen molar-refractivity contribution >= 4 is 17.7 Å². The summed E-state index contributed by atoms with van der Waals surface area (Å²) >= 11 is 2.05. The van der Waals surface area contributed by atoms with Crippen LogP contribution in [0.5, 0.6) is 0 Å². The minimum atomic E-state index is -0.00371. The molecule has 2 aliphatic heterocycles. The molecule has 0 aromatic carbocycles. The van der Waals surface area contributed by atoms with Gasteiger partial charge >= 0.3 is 0 Å². The Morgan fingerprint density at radius 2 is 2.24 bits per heavy atom. The summed E-state index contributed by atoms with van der Waals surface area (Å²) in [5.74, 6) is 2.04. The molecular weight excluding hydrogens is 232 g/mol. The van der Waals surface area contributed by atoms with Crippen LogP contribution < -0.4 is 5.32 Å². The summed E-state index contributed by atoms with van der Waals surface area (Å²) in [4.78, 5) is 14.2. The molecule has 3 atom stereocenters. The first-order valence-electron chi connectivity index (χ1n) is 6.77. The second-order valence-electron chi connectivity index (χ2n) is 5.56. The van der Waals surface area contributed by atoms with Crippen LogP contribution in [-0.2, 0) is 4.79 Å². The van der Waals surface area contributed by atoms with E-state index in [4.69, 9.17) is 0 Å². The highest BCUT2D eigenvalue weighted by Gasteiger charge is 2.38. The highest BCUT2D eigenvalue weighted by Crippen LogP contribution is 2.28. The lowest BCUT2D eigenvalue weighted by Gasteiger charge is -2.32. The Labute approximate surface area is 109 Å². The van der Waals surface area contributed by atoms with E-state index in [-0.39, 0.29) is 18.1 Å². The van der Waals surface area contributed by atoms with Gasteiger partial charge in [-0.3, -0.25) is 10.1 Å². The zero-order chi connectivity index (χ0) is 12.4. The third-order valence-corrected chi connectivity index (χ3v) is 5.10. The van der Waals surface area contributed by atoms with Crippen LogP contribution in [0.2, 0.25) is 0 Å². The average molecular weight is 256 g/mol. The van der Waals surface area contributed by atoms with Crippen molar-refractivity contribution in [1.82, 2.24) is 10.2 Å². The molecular formula is C13H24N2OS. The van der Waals surface area contributed by atoms with Gasteiger partial charge in [-0.1, -0.05) is 20.3 Å². The maximum atomic E-state index is 12.1. The topological polar surface area (TPSA) is 32.3 Å². The molecule has 0 spiro atoms. The van der Waals surface area contributed by atoms with Gasteiger partial charge in [0.2, 0.25) is 5.91 Å². The molecule has 2 heterocycles. The van der Waals surface area contributed by atoms with Gasteiger partial charge in [0.1, 0.15) is 0 Å². The highest BCUT2D eigenvalue weighted by molar-refractivity contribution is 7.99. The van der Waals surface area contributed by atoms with Gasteiger partial charge in [0, 0.05) is 11.8 Å². The number of carbonyl (C=O) groups excluding carboxylic acids is 1. The minimum absolute atomic E-state index is 0.00371. The van der Waals surface area contributed by atoms with E-state index in [1.807, 2.05) is 18.7 Å². The lowest BCUT2D eigenvalue weighted by Crippen LogP contribution is -2.44. The van der Waals surface area contributed by atoms with E-state index in [1.165, 1.54) is 25.0 Å². The van der Waals surface area contributed by atoms with Crippen molar-refractivity contribution < 1.29 is 4.79 Å². The molecule has 2 aliphatic rings. The van der Waals surface area contributed by atoms with Gasteiger partial charge in [0.25, 0.3) is 0 Å². The predicted molar refractivity (Wildman–Crippen MR) is 73.0 cm³/mol. The van der Waals surface area contributed by atoms with Gasteiger partial charge in [0.15, 0.2) is 0 Å². The third kappa shape index (κ3) is 2.97. The van der Waals surface area contributed by atoms with Crippen molar-refractivity contribution in [3.63, 3.8) is 0 Å². The Balaban J connectivity index is 1.98. The summed E-state index contributed by atoms with van der Waals surface area (Å²) in [5.41, 5.74) is 0. The summed E-state index contributed by atoms with van der Waals surface area (Å²) in [6.07, 6.45) is 4.18. The molecule has 3 unspecified atom stereocenters. The number of hydrogen-bond donors (Lipinski definition) is 1. The Bertz CT molecular complexity index is 277. The van der Waals surface area contributed by atoms with Crippen LogP contribution in [0.15, 0.2) is 0 Å². The molecule has 1 N–H and O–H groups in total. The summed E-state index contributed by atoms with van der Waals surface area (Å²) in [6.45, 7) is 7.28. The standard InChI is InChI=1S/C13H24N2OS/c1-9(2)12-14-10(3)13(16)15(12)8-11-6-4-5-7-17-11/h9-12,14H,4-8H2,1-3H3. The van der Waals surface area contributed by atoms with Crippen molar-refractivity contribution in [2.75, 3.05) is 12.3 Å². The van der Waals surface area contributed by atoms with Gasteiger partial charge in [-0.25, -0.2) is 0 Å². The van der Waals surface area contributed by atoms with E-state index in [2.05, 4.69) is 24.1 Å². The first-order valence-corrected chi connectivity index (χ1v) is 7.82. The number of nitrogens with one attached hydrogen (secondary N) is 1. The fraction of sp³-hybridized carbons (Fsp3) is 0.923. The molecule has 0 aromatic rings. The minimum Gasteiger partial charge on any atom is -0.324 e. The van der Waals surface area contributed by atoms with E-state index in [0.29, 0.717) is 11.2 Å². The maximum Gasteiger partial charge on any atom is 0.240 e. The van der Waals surface area contributed by atoms with Crippen LogP contribution in [0.1, 0.15) is 40.0 Å². The molecule has 2 fully saturated rings. The summed E-state index contributed by atoms with van der Waals surface area (Å²) in [7, 11) is 0. The Morgan fingerprint density at radius 3 is 2.82 bits per heavy atom. The number of rotatable bonds is 3. The Kier molecular flexibility index (Phi) is 4.36. The number of nitrogens with zero attached hydrogens (tertiary/aromatic N) is 1. The molecule has 0 aliphatic carbocycles. The first kappa shape index (κ1) is 13.2. The molecule has 3 nitrogen and oxygen atoms in total. The fourth-order valence-corrected chi connectivity index (χ4v) is 4.03. The van der Waals surface area contributed by atoms with Crippen LogP contribution in [0, 0.1) is 5.92 Å². The van der Waals surface area contributed by atoms with Crippen molar-refractivity contribution in [1.29, 1.82) is 0 Å². The predicted octanol–water partition coefficient (Wildman–Crippen LogP) is 2.07. The number of hydrogen-bond acceptors (Lipinski definition) is 3. The molecule has 98 valence electrons. The Morgan fingerprint density at radius 1 is 1.47 bits per heavy atom. The van der Waals surface area contributed by atoms with E-state index < -0.39 is 0 Å². The summed E-state index contributed by atoms with van der Waals surface area (Å²) in [6, 6.07) is -0.00371. The quantitative estimate of drug-likeness (QED) is 0.839. The monoisotopic (exact) mass is 256 g/mol. The molecule has 0 aromatic heterocycles. The van der Waals surface area contributed by atoms with Crippen LogP contribution in [0.4, 0.5) is 0 Å². The summed E-state index contributed by atoms with van der Waals surface area (Å²) < 4.78 is 0. The highest BCUT2D eigenvalue weighted by atomic mass is 32.2. The number of amides is 1. The normalized spacial score (nSPS) is 34.7. The first-order chi connectivity index (χ1) is 8.09. The van der Waals surface area contributed by atoms with E-state index in [1.54, 1.807) is 0 Å². The molecule has 17 heavy (non-hydrogen) atoms. The van der Waals surface area contributed by atoms with Gasteiger partial charge in [-0.15, -0.1) is 0 Å². The number of carbonyl (C=O) groups is 1. The fourth-order valence-electron chi connectivity index (χ4n) is 2.73. The molecule has 0 bridgehead atoms. The van der Waals surface area contributed by atoms with Crippen molar-refractivity contribution in [3.8, 4) is 0 Å². The van der Waals surface area contributed by atoms with Gasteiger partial charge in [-0.2, -0.15) is 11.8 Å². The second kappa shape index (κ2) is 5.61. The van der Waals surface area contributed by atoms with Gasteiger partial charge < -0.3 is 4.90 Å². The largest absolute Gasteiger partial charge is 0.324 e. The smallest absolute Gasteiger partial charge is 0.240 e. The SMILES string of the molecule is CC1NC(C(C)C)N(CC2CCCCS2)C1=O. The van der Waals surface area contributed by atoms with Crippen LogP contribution in [0.25, 0.3) is 0 Å². The van der Waals surface area contributed by atoms with E-state index >= 15 is 0 Å². The van der Waals surface area contributed by atoms with Gasteiger partial charge in [-0.05, 0) is 31.4 Å². The van der Waals surface area contributed by atoms with Crippen molar-refractivity contribution in [2.45, 2.75) is 57.5 Å². The second-order valence-corrected chi connectivity index (χ2v) is 6.96. The molecule has 2 saturated heterocycles. The van der Waals surface area contributed by atoms with Crippen LogP contribution in [-0.4, -0.2) is 40.6 Å². The molecule has 2 rings (SSSR count). The zero-order valence-electron chi connectivity index (χ0n) is 11.1. The van der Waals surface area contributed by atoms with Crippen molar-refractivity contribution in [2.24, 2.45) is 5.92 Å². The maximum absolute atomic E-state index is 12.1. The average Bonchev–Trinajstić information content (AvgIpc) is 2.59. The molecule has 0 saturated carbocycles. The lowest BCUT2D eigenvalue weighted by atomic mass is 10.1. The lowest BCUT2D eigenvalue weighted by molar-refractivity contribution is -0.130. The summed E-state index contributed by atoms with van der Waals surface area (Å²) in [5, 5.41) is 4.06. The van der Waals surface area contributed by atoms with E-state index in [9.17, 15) is 4.79 Å². The third-order valence-electron chi connectivity index (χ3n) is 3.72. The molecule has 0 radical (unpaired) electrons. The van der Waals surface area contributed by atoms with Crippen LogP contribution >= 0.6 is 11.8 Å². The van der Waals surface area contributed by atoms with Gasteiger partial charge in [0.05, 0.1) is 12.2 Å². The van der Waals surface area contributed by atoms with Crippen LogP contribution in [0.3, 0.4) is 0 Å². The molecule has 4 heteroatoms. The zero-order valence-corrected chi connectivity index (χ0v) is 11.9. The van der Waals surface area contributed by atoms with Crippen molar-refractivity contribution in [3.05, 3.63) is 0 Å².